The van der Waals surface area contributed by atoms with Crippen molar-refractivity contribution in [3.63, 3.8) is 0 Å². The molecule has 3 aromatic rings. The molecule has 1 aromatic heterocycles. The number of amides is 1. The molecule has 1 N–H and O–H groups in total. The molecule has 6 nitrogen and oxygen atoms in total. The number of methoxy groups -OCH3 is 1. The van der Waals surface area contributed by atoms with E-state index in [0.29, 0.717) is 34.0 Å². The number of fused-ring (bicyclic) bond motifs is 1. The van der Waals surface area contributed by atoms with Gasteiger partial charge in [-0.3, -0.25) is 14.2 Å². The summed E-state index contributed by atoms with van der Waals surface area (Å²) in [6.07, 6.45) is 0.872. The van der Waals surface area contributed by atoms with Crippen LogP contribution < -0.4 is 15.6 Å². The van der Waals surface area contributed by atoms with Crippen molar-refractivity contribution < 1.29 is 9.53 Å². The third-order valence-electron chi connectivity index (χ3n) is 3.98. The molecule has 27 heavy (non-hydrogen) atoms. The molecule has 2 aromatic carbocycles. The number of thioether (sulfide) groups is 1. The number of hydrogen-bond donors (Lipinski definition) is 1. The van der Waals surface area contributed by atoms with Crippen molar-refractivity contribution in [3.05, 3.63) is 58.9 Å². The largest absolute Gasteiger partial charge is 0.495 e. The molecule has 1 amide bonds. The molecule has 0 saturated heterocycles. The summed E-state index contributed by atoms with van der Waals surface area (Å²) in [6.45, 7) is 2.63. The molecule has 0 saturated carbocycles. The number of hydrogen-bond acceptors (Lipinski definition) is 5. The minimum atomic E-state index is -0.193. The first-order valence-corrected chi connectivity index (χ1v) is 9.69. The van der Waals surface area contributed by atoms with Gasteiger partial charge in [0.05, 0.1) is 29.5 Å². The van der Waals surface area contributed by atoms with E-state index in [0.717, 1.165) is 6.42 Å². The molecule has 0 unspecified atom stereocenters. The summed E-state index contributed by atoms with van der Waals surface area (Å²) in [5, 5.41) is 3.81. The fraction of sp³-hybridized carbons (Fsp3) is 0.250. The summed E-state index contributed by atoms with van der Waals surface area (Å²) in [5.41, 5.74) is 1.01. The van der Waals surface area contributed by atoms with E-state index in [1.54, 1.807) is 31.4 Å². The number of benzene rings is 2. The maximum atomic E-state index is 13.2. The van der Waals surface area contributed by atoms with Crippen LogP contribution in [0.1, 0.15) is 13.3 Å². The topological polar surface area (TPSA) is 73.2 Å². The zero-order valence-corrected chi connectivity index (χ0v) is 16.1. The van der Waals surface area contributed by atoms with E-state index in [-0.39, 0.29) is 17.2 Å². The van der Waals surface area contributed by atoms with Gasteiger partial charge in [-0.2, -0.15) is 0 Å². The lowest BCUT2D eigenvalue weighted by molar-refractivity contribution is -0.118. The standard InChI is InChI=1S/C20H21N3O3S/c1-3-12-21-18(24)13-27-20-22-15-9-5-4-8-14(15)19(25)23(20)16-10-6-7-11-17(16)26-2/h4-11H,3,12-13H2,1-2H3,(H,21,24). The number of para-hydroxylation sites is 3. The van der Waals surface area contributed by atoms with E-state index in [1.807, 2.05) is 31.2 Å². The van der Waals surface area contributed by atoms with Crippen molar-refractivity contribution in [2.75, 3.05) is 19.4 Å². The van der Waals surface area contributed by atoms with Crippen molar-refractivity contribution >= 4 is 28.6 Å². The van der Waals surface area contributed by atoms with Gasteiger partial charge in [-0.25, -0.2) is 4.98 Å². The van der Waals surface area contributed by atoms with Gasteiger partial charge in [-0.05, 0) is 30.7 Å². The van der Waals surface area contributed by atoms with Gasteiger partial charge in [-0.15, -0.1) is 0 Å². The molecule has 0 fully saturated rings. The van der Waals surface area contributed by atoms with Crippen LogP contribution in [-0.2, 0) is 4.79 Å². The van der Waals surface area contributed by atoms with Crippen LogP contribution in [0.5, 0.6) is 5.75 Å². The minimum absolute atomic E-state index is 0.0872. The van der Waals surface area contributed by atoms with E-state index in [4.69, 9.17) is 4.74 Å². The molecule has 0 atom stereocenters. The highest BCUT2D eigenvalue weighted by atomic mass is 32.2. The number of aromatic nitrogens is 2. The van der Waals surface area contributed by atoms with Gasteiger partial charge in [0.15, 0.2) is 5.16 Å². The molecule has 0 aliphatic carbocycles. The van der Waals surface area contributed by atoms with Gasteiger partial charge in [-0.1, -0.05) is 43.0 Å². The van der Waals surface area contributed by atoms with Gasteiger partial charge >= 0.3 is 0 Å². The third kappa shape index (κ3) is 4.14. The summed E-state index contributed by atoms with van der Waals surface area (Å²) in [7, 11) is 1.56. The first-order valence-electron chi connectivity index (χ1n) is 8.70. The zero-order valence-electron chi connectivity index (χ0n) is 15.3. The summed E-state index contributed by atoms with van der Waals surface area (Å²) in [4.78, 5) is 29.8. The van der Waals surface area contributed by atoms with Crippen LogP contribution in [0.4, 0.5) is 0 Å². The van der Waals surface area contributed by atoms with E-state index >= 15 is 0 Å². The minimum Gasteiger partial charge on any atom is -0.495 e. The van der Waals surface area contributed by atoms with Crippen LogP contribution >= 0.6 is 11.8 Å². The predicted octanol–water partition coefficient (Wildman–Crippen LogP) is 3.01. The van der Waals surface area contributed by atoms with Gasteiger partial charge in [0.25, 0.3) is 5.56 Å². The van der Waals surface area contributed by atoms with Crippen molar-refractivity contribution in [2.24, 2.45) is 0 Å². The van der Waals surface area contributed by atoms with Crippen molar-refractivity contribution in [2.45, 2.75) is 18.5 Å². The van der Waals surface area contributed by atoms with Crippen molar-refractivity contribution in [3.8, 4) is 11.4 Å². The third-order valence-corrected chi connectivity index (χ3v) is 4.91. The SMILES string of the molecule is CCCNC(=O)CSc1nc2ccccc2c(=O)n1-c1ccccc1OC. The van der Waals surface area contributed by atoms with Crippen LogP contribution in [-0.4, -0.2) is 34.9 Å². The number of carbonyl (C=O) groups excluding carboxylic acids is 1. The molecule has 0 spiro atoms. The van der Waals surface area contributed by atoms with Crippen molar-refractivity contribution in [1.29, 1.82) is 0 Å². The quantitative estimate of drug-likeness (QED) is 0.502. The molecular formula is C20H21N3O3S. The molecule has 7 heteroatoms. The highest BCUT2D eigenvalue weighted by Gasteiger charge is 2.17. The average molecular weight is 383 g/mol. The van der Waals surface area contributed by atoms with E-state index in [1.165, 1.54) is 16.3 Å². The van der Waals surface area contributed by atoms with Crippen LogP contribution in [0.25, 0.3) is 16.6 Å². The summed E-state index contributed by atoms with van der Waals surface area (Å²) < 4.78 is 6.94. The second-order valence-corrected chi connectivity index (χ2v) is 6.81. The number of nitrogens with one attached hydrogen (secondary N) is 1. The number of carbonyl (C=O) groups is 1. The van der Waals surface area contributed by atoms with Crippen LogP contribution in [0.3, 0.4) is 0 Å². The fourth-order valence-corrected chi connectivity index (χ4v) is 3.52. The highest BCUT2D eigenvalue weighted by Crippen LogP contribution is 2.26. The number of nitrogens with zero attached hydrogens (tertiary/aromatic N) is 2. The maximum absolute atomic E-state index is 13.2. The first kappa shape index (κ1) is 19.0. The van der Waals surface area contributed by atoms with E-state index in [2.05, 4.69) is 10.3 Å². The molecule has 0 radical (unpaired) electrons. The Bertz CT molecular complexity index is 1020. The monoisotopic (exact) mass is 383 g/mol. The Balaban J connectivity index is 2.10. The summed E-state index contributed by atoms with van der Waals surface area (Å²) >= 11 is 1.23. The molecule has 1 heterocycles. The lowest BCUT2D eigenvalue weighted by Gasteiger charge is -2.15. The molecule has 0 bridgehead atoms. The predicted molar refractivity (Wildman–Crippen MR) is 108 cm³/mol. The first-order chi connectivity index (χ1) is 13.2. The summed E-state index contributed by atoms with van der Waals surface area (Å²) in [6, 6.07) is 14.5. The molecule has 0 aliphatic rings. The zero-order chi connectivity index (χ0) is 19.2. The lowest BCUT2D eigenvalue weighted by Crippen LogP contribution is -2.27. The Morgan fingerprint density at radius 1 is 1.19 bits per heavy atom. The van der Waals surface area contributed by atoms with Gasteiger partial charge < -0.3 is 10.1 Å². The Hall–Kier alpha value is -2.80. The van der Waals surface area contributed by atoms with E-state index < -0.39 is 0 Å². The lowest BCUT2D eigenvalue weighted by atomic mass is 10.2. The van der Waals surface area contributed by atoms with Crippen LogP contribution in [0, 0.1) is 0 Å². The van der Waals surface area contributed by atoms with Crippen LogP contribution in [0.2, 0.25) is 0 Å². The normalized spacial score (nSPS) is 10.7. The number of rotatable bonds is 7. The number of ether oxygens (including phenoxy) is 1. The van der Waals surface area contributed by atoms with E-state index in [9.17, 15) is 9.59 Å². The highest BCUT2D eigenvalue weighted by molar-refractivity contribution is 7.99. The molecule has 3 rings (SSSR count). The molecule has 0 aliphatic heterocycles. The second kappa shape index (κ2) is 8.73. The smallest absolute Gasteiger partial charge is 0.266 e. The second-order valence-electron chi connectivity index (χ2n) is 5.86. The van der Waals surface area contributed by atoms with Crippen LogP contribution in [0.15, 0.2) is 58.5 Å². The fourth-order valence-electron chi connectivity index (χ4n) is 2.68. The molecule has 140 valence electrons. The summed E-state index contributed by atoms with van der Waals surface area (Å²) in [5.74, 6) is 0.657. The Morgan fingerprint density at radius 3 is 2.70 bits per heavy atom. The average Bonchev–Trinajstić information content (AvgIpc) is 2.71. The Labute approximate surface area is 161 Å². The Morgan fingerprint density at radius 2 is 1.93 bits per heavy atom. The van der Waals surface area contributed by atoms with Gasteiger partial charge in [0.2, 0.25) is 5.91 Å². The maximum Gasteiger partial charge on any atom is 0.266 e. The van der Waals surface area contributed by atoms with Crippen molar-refractivity contribution in [1.82, 2.24) is 14.9 Å². The van der Waals surface area contributed by atoms with Gasteiger partial charge in [0.1, 0.15) is 5.75 Å². The van der Waals surface area contributed by atoms with Gasteiger partial charge in [0, 0.05) is 6.54 Å². The Kier molecular flexibility index (Phi) is 6.13. The molecular weight excluding hydrogens is 362 g/mol.